The molecule has 0 aliphatic heterocycles. The lowest BCUT2D eigenvalue weighted by Gasteiger charge is -2.11. The summed E-state index contributed by atoms with van der Waals surface area (Å²) in [6.45, 7) is 4.24. The molecule has 1 amide bonds. The van der Waals surface area contributed by atoms with Crippen LogP contribution in [-0.4, -0.2) is 43.9 Å². The fourth-order valence-corrected chi connectivity index (χ4v) is 1.66. The van der Waals surface area contributed by atoms with E-state index in [0.29, 0.717) is 25.3 Å². The van der Waals surface area contributed by atoms with E-state index in [2.05, 4.69) is 10.6 Å². The van der Waals surface area contributed by atoms with Gasteiger partial charge in [0.25, 0.3) is 5.91 Å². The van der Waals surface area contributed by atoms with Gasteiger partial charge in [-0.25, -0.2) is 0 Å². The van der Waals surface area contributed by atoms with Gasteiger partial charge >= 0.3 is 0 Å². The van der Waals surface area contributed by atoms with E-state index in [9.17, 15) is 4.79 Å². The number of amides is 1. The number of nitrogens with one attached hydrogen (secondary N) is 2. The number of carbonyl (C=O) groups is 1. The second-order valence-corrected chi connectivity index (χ2v) is 4.02. The molecule has 0 radical (unpaired) electrons. The molecule has 19 heavy (non-hydrogen) atoms. The molecule has 106 valence electrons. The van der Waals surface area contributed by atoms with Gasteiger partial charge in [0, 0.05) is 25.4 Å². The maximum absolute atomic E-state index is 12.0. The SMILES string of the molecule is CCNc1ccccc1C(=O)NCCCOCCO. The van der Waals surface area contributed by atoms with Crippen molar-refractivity contribution < 1.29 is 14.6 Å². The first-order chi connectivity index (χ1) is 9.29. The Hall–Kier alpha value is -1.59. The van der Waals surface area contributed by atoms with Crippen LogP contribution in [-0.2, 0) is 4.74 Å². The number of rotatable bonds is 9. The van der Waals surface area contributed by atoms with Crippen LogP contribution in [0.25, 0.3) is 0 Å². The van der Waals surface area contributed by atoms with E-state index in [1.807, 2.05) is 25.1 Å². The van der Waals surface area contributed by atoms with Gasteiger partial charge in [0.05, 0.1) is 18.8 Å². The summed E-state index contributed by atoms with van der Waals surface area (Å²) >= 11 is 0. The number of hydrogen-bond donors (Lipinski definition) is 3. The summed E-state index contributed by atoms with van der Waals surface area (Å²) in [5.41, 5.74) is 1.50. The van der Waals surface area contributed by atoms with Crippen molar-refractivity contribution in [2.75, 3.05) is 38.2 Å². The summed E-state index contributed by atoms with van der Waals surface area (Å²) in [6, 6.07) is 7.44. The Labute approximate surface area is 114 Å². The van der Waals surface area contributed by atoms with Crippen LogP contribution in [0.15, 0.2) is 24.3 Å². The quantitative estimate of drug-likeness (QED) is 0.588. The molecule has 0 aliphatic carbocycles. The highest BCUT2D eigenvalue weighted by atomic mass is 16.5. The van der Waals surface area contributed by atoms with Crippen molar-refractivity contribution in [3.63, 3.8) is 0 Å². The van der Waals surface area contributed by atoms with Gasteiger partial charge in [0.15, 0.2) is 0 Å². The fourth-order valence-electron chi connectivity index (χ4n) is 1.66. The third-order valence-electron chi connectivity index (χ3n) is 2.53. The fraction of sp³-hybridized carbons (Fsp3) is 0.500. The minimum Gasteiger partial charge on any atom is -0.394 e. The summed E-state index contributed by atoms with van der Waals surface area (Å²) in [7, 11) is 0. The van der Waals surface area contributed by atoms with Crippen molar-refractivity contribution >= 4 is 11.6 Å². The molecule has 0 heterocycles. The van der Waals surface area contributed by atoms with Crippen LogP contribution in [0.2, 0.25) is 0 Å². The van der Waals surface area contributed by atoms with Crippen molar-refractivity contribution in [3.8, 4) is 0 Å². The second-order valence-electron chi connectivity index (χ2n) is 4.02. The molecule has 5 nitrogen and oxygen atoms in total. The first kappa shape index (κ1) is 15.5. The number of aliphatic hydroxyl groups excluding tert-OH is 1. The van der Waals surface area contributed by atoms with Gasteiger partial charge in [-0.1, -0.05) is 12.1 Å². The van der Waals surface area contributed by atoms with Crippen molar-refractivity contribution in [2.24, 2.45) is 0 Å². The Morgan fingerprint density at radius 2 is 2.11 bits per heavy atom. The number of carbonyl (C=O) groups excluding carboxylic acids is 1. The van der Waals surface area contributed by atoms with Gasteiger partial charge in [-0.05, 0) is 25.5 Å². The Morgan fingerprint density at radius 3 is 2.84 bits per heavy atom. The average Bonchev–Trinajstić information content (AvgIpc) is 2.43. The highest BCUT2D eigenvalue weighted by Crippen LogP contribution is 2.14. The van der Waals surface area contributed by atoms with E-state index in [0.717, 1.165) is 18.7 Å². The topological polar surface area (TPSA) is 70.6 Å². The van der Waals surface area contributed by atoms with E-state index >= 15 is 0 Å². The highest BCUT2D eigenvalue weighted by molar-refractivity contribution is 5.99. The smallest absolute Gasteiger partial charge is 0.253 e. The standard InChI is InChI=1S/C14H22N2O3/c1-2-15-13-7-4-3-6-12(13)14(18)16-8-5-10-19-11-9-17/h3-4,6-7,15,17H,2,5,8-11H2,1H3,(H,16,18). The lowest BCUT2D eigenvalue weighted by Crippen LogP contribution is -2.26. The molecular formula is C14H22N2O3. The molecule has 0 saturated heterocycles. The molecule has 0 fully saturated rings. The summed E-state index contributed by atoms with van der Waals surface area (Å²) in [4.78, 5) is 12.0. The van der Waals surface area contributed by atoms with Crippen molar-refractivity contribution in [2.45, 2.75) is 13.3 Å². The predicted molar refractivity (Wildman–Crippen MR) is 75.5 cm³/mol. The van der Waals surface area contributed by atoms with Gasteiger partial charge in [0.1, 0.15) is 0 Å². The minimum atomic E-state index is -0.0845. The summed E-state index contributed by atoms with van der Waals surface area (Å²) in [6.07, 6.45) is 0.731. The molecular weight excluding hydrogens is 244 g/mol. The first-order valence-electron chi connectivity index (χ1n) is 6.59. The average molecular weight is 266 g/mol. The summed E-state index contributed by atoms with van der Waals surface area (Å²) < 4.78 is 5.12. The number of ether oxygens (including phenoxy) is 1. The van der Waals surface area contributed by atoms with E-state index in [4.69, 9.17) is 9.84 Å². The van der Waals surface area contributed by atoms with Crippen molar-refractivity contribution in [3.05, 3.63) is 29.8 Å². The largest absolute Gasteiger partial charge is 0.394 e. The van der Waals surface area contributed by atoms with Crippen LogP contribution in [0.4, 0.5) is 5.69 Å². The lowest BCUT2D eigenvalue weighted by molar-refractivity contribution is 0.0868. The van der Waals surface area contributed by atoms with Crippen LogP contribution < -0.4 is 10.6 Å². The minimum absolute atomic E-state index is 0.0302. The predicted octanol–water partition coefficient (Wildman–Crippen LogP) is 1.25. The molecule has 0 spiro atoms. The van der Waals surface area contributed by atoms with Gasteiger partial charge in [-0.3, -0.25) is 4.79 Å². The van der Waals surface area contributed by atoms with E-state index in [1.165, 1.54) is 0 Å². The molecule has 0 aromatic heterocycles. The van der Waals surface area contributed by atoms with E-state index < -0.39 is 0 Å². The molecule has 0 unspecified atom stereocenters. The molecule has 0 bridgehead atoms. The van der Waals surface area contributed by atoms with Crippen LogP contribution in [0.1, 0.15) is 23.7 Å². The molecule has 0 aliphatic rings. The number of anilines is 1. The maximum atomic E-state index is 12.0. The highest BCUT2D eigenvalue weighted by Gasteiger charge is 2.09. The Morgan fingerprint density at radius 1 is 1.32 bits per heavy atom. The van der Waals surface area contributed by atoms with E-state index in [-0.39, 0.29) is 12.5 Å². The Balaban J connectivity index is 2.36. The monoisotopic (exact) mass is 266 g/mol. The van der Waals surface area contributed by atoms with Crippen LogP contribution in [0, 0.1) is 0 Å². The summed E-state index contributed by atoms with van der Waals surface area (Å²) in [5.74, 6) is -0.0845. The Bertz CT molecular complexity index is 383. The van der Waals surface area contributed by atoms with Gasteiger partial charge in [0.2, 0.25) is 0 Å². The van der Waals surface area contributed by atoms with Gasteiger partial charge in [-0.15, -0.1) is 0 Å². The number of aliphatic hydroxyl groups is 1. The van der Waals surface area contributed by atoms with Gasteiger partial charge in [-0.2, -0.15) is 0 Å². The molecule has 5 heteroatoms. The Kier molecular flexibility index (Phi) is 7.62. The van der Waals surface area contributed by atoms with Gasteiger partial charge < -0.3 is 20.5 Å². The van der Waals surface area contributed by atoms with Crippen molar-refractivity contribution in [1.29, 1.82) is 0 Å². The lowest BCUT2D eigenvalue weighted by atomic mass is 10.1. The summed E-state index contributed by atoms with van der Waals surface area (Å²) in [5, 5.41) is 14.6. The number of para-hydroxylation sites is 1. The zero-order chi connectivity index (χ0) is 13.9. The third-order valence-corrected chi connectivity index (χ3v) is 2.53. The van der Waals surface area contributed by atoms with Crippen LogP contribution in [0.5, 0.6) is 0 Å². The zero-order valence-electron chi connectivity index (χ0n) is 11.3. The van der Waals surface area contributed by atoms with Crippen molar-refractivity contribution in [1.82, 2.24) is 5.32 Å². The van der Waals surface area contributed by atoms with Crippen LogP contribution >= 0.6 is 0 Å². The molecule has 3 N–H and O–H groups in total. The molecule has 0 saturated carbocycles. The normalized spacial score (nSPS) is 10.2. The zero-order valence-corrected chi connectivity index (χ0v) is 11.3. The molecule has 1 aromatic carbocycles. The molecule has 1 rings (SSSR count). The first-order valence-corrected chi connectivity index (χ1v) is 6.59. The van der Waals surface area contributed by atoms with Crippen LogP contribution in [0.3, 0.4) is 0 Å². The number of benzene rings is 1. The number of hydrogen-bond acceptors (Lipinski definition) is 4. The molecule has 1 aromatic rings. The van der Waals surface area contributed by atoms with E-state index in [1.54, 1.807) is 6.07 Å². The second kappa shape index (κ2) is 9.35. The molecule has 0 atom stereocenters. The third kappa shape index (κ3) is 5.72. The maximum Gasteiger partial charge on any atom is 0.253 e.